The summed E-state index contributed by atoms with van der Waals surface area (Å²) >= 11 is 0. The van der Waals surface area contributed by atoms with Gasteiger partial charge in [-0.05, 0) is 43.0 Å². The van der Waals surface area contributed by atoms with Gasteiger partial charge in [0.05, 0.1) is 7.11 Å². The molecule has 1 atom stereocenters. The summed E-state index contributed by atoms with van der Waals surface area (Å²) in [6, 6.07) is 8.12. The standard InChI is InChI=1S/C14H23NO2/c1-11(2)14(16)15-10-4-5-12-6-8-13(17-3)9-7-12/h6-9,11,14-16H,4-5,10H2,1-3H3. The summed E-state index contributed by atoms with van der Waals surface area (Å²) in [7, 11) is 1.67. The van der Waals surface area contributed by atoms with Crippen molar-refractivity contribution in [1.82, 2.24) is 5.32 Å². The Kier molecular flexibility index (Phi) is 6.01. The quantitative estimate of drug-likeness (QED) is 0.564. The number of nitrogens with one attached hydrogen (secondary N) is 1. The Balaban J connectivity index is 2.22. The Morgan fingerprint density at radius 3 is 2.41 bits per heavy atom. The van der Waals surface area contributed by atoms with Crippen LogP contribution in [0.3, 0.4) is 0 Å². The average molecular weight is 237 g/mol. The van der Waals surface area contributed by atoms with E-state index in [0.717, 1.165) is 25.1 Å². The Bertz CT molecular complexity index is 309. The second-order valence-electron chi connectivity index (χ2n) is 4.59. The second-order valence-corrected chi connectivity index (χ2v) is 4.59. The molecule has 1 aromatic carbocycles. The van der Waals surface area contributed by atoms with Crippen LogP contribution in [0, 0.1) is 5.92 Å². The normalized spacial score (nSPS) is 12.8. The first-order valence-corrected chi connectivity index (χ1v) is 6.18. The zero-order chi connectivity index (χ0) is 12.7. The smallest absolute Gasteiger partial charge is 0.118 e. The Morgan fingerprint density at radius 2 is 1.88 bits per heavy atom. The third-order valence-electron chi connectivity index (χ3n) is 2.79. The highest BCUT2D eigenvalue weighted by Gasteiger charge is 2.06. The SMILES string of the molecule is COc1ccc(CCCNC(O)C(C)C)cc1. The highest BCUT2D eigenvalue weighted by atomic mass is 16.5. The van der Waals surface area contributed by atoms with Crippen LogP contribution in [0.1, 0.15) is 25.8 Å². The fourth-order valence-corrected chi connectivity index (χ4v) is 1.57. The highest BCUT2D eigenvalue weighted by molar-refractivity contribution is 5.27. The van der Waals surface area contributed by atoms with Crippen molar-refractivity contribution in [3.8, 4) is 5.75 Å². The number of benzene rings is 1. The van der Waals surface area contributed by atoms with Crippen LogP contribution in [0.4, 0.5) is 0 Å². The third-order valence-corrected chi connectivity index (χ3v) is 2.79. The van der Waals surface area contributed by atoms with Gasteiger partial charge in [-0.2, -0.15) is 0 Å². The molecule has 0 aliphatic carbocycles. The molecule has 96 valence electrons. The van der Waals surface area contributed by atoms with E-state index in [9.17, 15) is 5.11 Å². The number of methoxy groups -OCH3 is 1. The zero-order valence-electron chi connectivity index (χ0n) is 10.9. The molecule has 1 aromatic rings. The van der Waals surface area contributed by atoms with Crippen molar-refractivity contribution >= 4 is 0 Å². The molecule has 0 amide bonds. The number of rotatable bonds is 7. The molecule has 17 heavy (non-hydrogen) atoms. The van der Waals surface area contributed by atoms with E-state index in [1.165, 1.54) is 5.56 Å². The van der Waals surface area contributed by atoms with Gasteiger partial charge in [0.2, 0.25) is 0 Å². The Morgan fingerprint density at radius 1 is 1.24 bits per heavy atom. The van der Waals surface area contributed by atoms with Crippen molar-refractivity contribution < 1.29 is 9.84 Å². The van der Waals surface area contributed by atoms with E-state index >= 15 is 0 Å². The van der Waals surface area contributed by atoms with Crippen LogP contribution in [-0.2, 0) is 6.42 Å². The van der Waals surface area contributed by atoms with Crippen molar-refractivity contribution in [2.75, 3.05) is 13.7 Å². The molecule has 3 nitrogen and oxygen atoms in total. The number of aliphatic hydroxyl groups excluding tert-OH is 1. The lowest BCUT2D eigenvalue weighted by molar-refractivity contribution is 0.0907. The molecule has 3 heteroatoms. The van der Waals surface area contributed by atoms with Crippen LogP contribution in [0.15, 0.2) is 24.3 Å². The molecule has 0 spiro atoms. The van der Waals surface area contributed by atoms with Crippen molar-refractivity contribution in [2.24, 2.45) is 5.92 Å². The molecule has 0 heterocycles. The summed E-state index contributed by atoms with van der Waals surface area (Å²) in [5.41, 5.74) is 1.30. The number of aryl methyl sites for hydroxylation is 1. The first kappa shape index (κ1) is 14.0. The molecule has 0 bridgehead atoms. The highest BCUT2D eigenvalue weighted by Crippen LogP contribution is 2.12. The Labute approximate surface area is 104 Å². The summed E-state index contributed by atoms with van der Waals surface area (Å²) in [4.78, 5) is 0. The van der Waals surface area contributed by atoms with E-state index in [2.05, 4.69) is 17.4 Å². The van der Waals surface area contributed by atoms with E-state index in [4.69, 9.17) is 4.74 Å². The van der Waals surface area contributed by atoms with E-state index in [0.29, 0.717) is 0 Å². The van der Waals surface area contributed by atoms with Crippen molar-refractivity contribution in [2.45, 2.75) is 32.9 Å². The molecule has 1 rings (SSSR count). The van der Waals surface area contributed by atoms with Gasteiger partial charge in [-0.25, -0.2) is 0 Å². The fraction of sp³-hybridized carbons (Fsp3) is 0.571. The minimum Gasteiger partial charge on any atom is -0.497 e. The summed E-state index contributed by atoms with van der Waals surface area (Å²) < 4.78 is 5.11. The molecule has 0 fully saturated rings. The molecular formula is C14H23NO2. The van der Waals surface area contributed by atoms with Gasteiger partial charge in [-0.15, -0.1) is 0 Å². The summed E-state index contributed by atoms with van der Waals surface area (Å²) in [6.07, 6.45) is 1.64. The van der Waals surface area contributed by atoms with E-state index in [1.807, 2.05) is 26.0 Å². The molecule has 1 unspecified atom stereocenters. The van der Waals surface area contributed by atoms with Crippen LogP contribution in [-0.4, -0.2) is 25.0 Å². The maximum Gasteiger partial charge on any atom is 0.118 e. The van der Waals surface area contributed by atoms with E-state index < -0.39 is 6.23 Å². The topological polar surface area (TPSA) is 41.5 Å². The number of hydrogen-bond donors (Lipinski definition) is 2. The maximum absolute atomic E-state index is 9.56. The first-order chi connectivity index (χ1) is 8.13. The predicted octanol–water partition coefficient (Wildman–Crippen LogP) is 2.19. The van der Waals surface area contributed by atoms with Gasteiger partial charge >= 0.3 is 0 Å². The summed E-state index contributed by atoms with van der Waals surface area (Å²) in [5.74, 6) is 1.15. The van der Waals surface area contributed by atoms with Gasteiger partial charge in [0.25, 0.3) is 0 Å². The van der Waals surface area contributed by atoms with Gasteiger partial charge < -0.3 is 9.84 Å². The maximum atomic E-state index is 9.56. The molecule has 0 aliphatic rings. The molecule has 0 aromatic heterocycles. The van der Waals surface area contributed by atoms with Gasteiger partial charge in [0.1, 0.15) is 12.0 Å². The monoisotopic (exact) mass is 237 g/mol. The summed E-state index contributed by atoms with van der Waals surface area (Å²) in [6.45, 7) is 4.84. The lowest BCUT2D eigenvalue weighted by Gasteiger charge is -2.15. The minimum atomic E-state index is -0.397. The molecule has 0 aliphatic heterocycles. The van der Waals surface area contributed by atoms with Crippen LogP contribution >= 0.6 is 0 Å². The van der Waals surface area contributed by atoms with Gasteiger partial charge in [-0.3, -0.25) is 5.32 Å². The van der Waals surface area contributed by atoms with Crippen LogP contribution in [0.2, 0.25) is 0 Å². The van der Waals surface area contributed by atoms with E-state index in [-0.39, 0.29) is 5.92 Å². The van der Waals surface area contributed by atoms with Crippen molar-refractivity contribution in [3.63, 3.8) is 0 Å². The lowest BCUT2D eigenvalue weighted by Crippen LogP contribution is -2.34. The zero-order valence-corrected chi connectivity index (χ0v) is 10.9. The summed E-state index contributed by atoms with van der Waals surface area (Å²) in [5, 5.41) is 12.7. The predicted molar refractivity (Wildman–Crippen MR) is 70.2 cm³/mol. The van der Waals surface area contributed by atoms with E-state index in [1.54, 1.807) is 7.11 Å². The van der Waals surface area contributed by atoms with Crippen LogP contribution < -0.4 is 10.1 Å². The number of hydrogen-bond acceptors (Lipinski definition) is 3. The lowest BCUT2D eigenvalue weighted by atomic mass is 10.1. The molecule has 0 radical (unpaired) electrons. The number of aliphatic hydroxyl groups is 1. The Hall–Kier alpha value is -1.06. The molecule has 0 saturated carbocycles. The largest absolute Gasteiger partial charge is 0.497 e. The van der Waals surface area contributed by atoms with Crippen molar-refractivity contribution in [1.29, 1.82) is 0 Å². The third kappa shape index (κ3) is 5.20. The second kappa shape index (κ2) is 7.30. The minimum absolute atomic E-state index is 0.260. The molecule has 0 saturated heterocycles. The average Bonchev–Trinajstić information content (AvgIpc) is 2.35. The molecular weight excluding hydrogens is 214 g/mol. The van der Waals surface area contributed by atoms with Gasteiger partial charge in [-0.1, -0.05) is 26.0 Å². The van der Waals surface area contributed by atoms with Gasteiger partial charge in [0.15, 0.2) is 0 Å². The number of ether oxygens (including phenoxy) is 1. The van der Waals surface area contributed by atoms with Crippen molar-refractivity contribution in [3.05, 3.63) is 29.8 Å². The molecule has 2 N–H and O–H groups in total. The first-order valence-electron chi connectivity index (χ1n) is 6.18. The van der Waals surface area contributed by atoms with Gasteiger partial charge in [0, 0.05) is 0 Å². The fourth-order valence-electron chi connectivity index (χ4n) is 1.57. The van der Waals surface area contributed by atoms with Crippen LogP contribution in [0.25, 0.3) is 0 Å². The van der Waals surface area contributed by atoms with Crippen LogP contribution in [0.5, 0.6) is 5.75 Å².